The number of hydrogen-bond donors (Lipinski definition) is 1. The highest BCUT2D eigenvalue weighted by Gasteiger charge is 2.21. The lowest BCUT2D eigenvalue weighted by Gasteiger charge is -2.22. The van der Waals surface area contributed by atoms with Gasteiger partial charge < -0.3 is 5.32 Å². The second kappa shape index (κ2) is 5.61. The van der Waals surface area contributed by atoms with Crippen molar-refractivity contribution in [2.75, 3.05) is 6.54 Å². The van der Waals surface area contributed by atoms with Crippen molar-refractivity contribution in [2.45, 2.75) is 31.7 Å². The van der Waals surface area contributed by atoms with E-state index in [2.05, 4.69) is 5.32 Å². The predicted octanol–water partition coefficient (Wildman–Crippen LogP) is 2.73. The average molecular weight is 256 g/mol. The molecular formula is C13H15ClFNO. The number of piperidine rings is 1. The summed E-state index contributed by atoms with van der Waals surface area (Å²) in [6.45, 7) is 0.882. The molecule has 0 aliphatic carbocycles. The Hall–Kier alpha value is -0.930. The minimum atomic E-state index is -0.353. The zero-order valence-electron chi connectivity index (χ0n) is 9.51. The largest absolute Gasteiger partial charge is 0.307 e. The van der Waals surface area contributed by atoms with Crippen LogP contribution in [-0.4, -0.2) is 18.4 Å². The lowest BCUT2D eigenvalue weighted by molar-refractivity contribution is -0.120. The predicted molar refractivity (Wildman–Crippen MR) is 65.8 cm³/mol. The summed E-state index contributed by atoms with van der Waals surface area (Å²) in [6, 6.07) is 4.04. The molecule has 2 nitrogen and oxygen atoms in total. The number of nitrogens with one attached hydrogen (secondary N) is 1. The molecule has 0 aromatic heterocycles. The Kier molecular flexibility index (Phi) is 4.13. The molecule has 1 aromatic rings. The number of carbonyl (C=O) groups excluding carboxylic acids is 1. The van der Waals surface area contributed by atoms with Crippen LogP contribution in [-0.2, 0) is 11.2 Å². The average Bonchev–Trinajstić information content (AvgIpc) is 2.35. The molecule has 1 heterocycles. The first-order valence-corrected chi connectivity index (χ1v) is 6.24. The van der Waals surface area contributed by atoms with Gasteiger partial charge in [0.05, 0.1) is 6.04 Å². The van der Waals surface area contributed by atoms with Crippen molar-refractivity contribution in [3.63, 3.8) is 0 Å². The van der Waals surface area contributed by atoms with Gasteiger partial charge in [0.1, 0.15) is 5.82 Å². The van der Waals surface area contributed by atoms with E-state index in [4.69, 9.17) is 11.6 Å². The van der Waals surface area contributed by atoms with Crippen LogP contribution >= 0.6 is 11.6 Å². The molecule has 1 aliphatic heterocycles. The molecule has 2 rings (SSSR count). The van der Waals surface area contributed by atoms with Gasteiger partial charge in [-0.2, -0.15) is 0 Å². The summed E-state index contributed by atoms with van der Waals surface area (Å²) in [5.41, 5.74) is 0.573. The molecule has 0 radical (unpaired) electrons. The number of hydrogen-bond acceptors (Lipinski definition) is 2. The Bertz CT molecular complexity index is 416. The van der Waals surface area contributed by atoms with Crippen molar-refractivity contribution in [1.82, 2.24) is 5.32 Å². The minimum absolute atomic E-state index is 0.0944. The van der Waals surface area contributed by atoms with Crippen LogP contribution in [0.2, 0.25) is 5.02 Å². The third kappa shape index (κ3) is 3.27. The van der Waals surface area contributed by atoms with Crippen molar-refractivity contribution < 1.29 is 9.18 Å². The van der Waals surface area contributed by atoms with Crippen LogP contribution in [0, 0.1) is 5.82 Å². The van der Waals surface area contributed by atoms with E-state index in [1.807, 2.05) is 0 Å². The summed E-state index contributed by atoms with van der Waals surface area (Å²) in [4.78, 5) is 12.0. The van der Waals surface area contributed by atoms with Crippen LogP contribution in [0.1, 0.15) is 24.8 Å². The van der Waals surface area contributed by atoms with Gasteiger partial charge in [-0.25, -0.2) is 4.39 Å². The number of ketones is 1. The van der Waals surface area contributed by atoms with Crippen LogP contribution in [0.25, 0.3) is 0 Å². The van der Waals surface area contributed by atoms with Crippen LogP contribution in [0.4, 0.5) is 4.39 Å². The Balaban J connectivity index is 2.04. The van der Waals surface area contributed by atoms with Gasteiger partial charge in [-0.15, -0.1) is 0 Å². The normalized spacial score (nSPS) is 20.2. The van der Waals surface area contributed by atoms with E-state index in [-0.39, 0.29) is 24.1 Å². The Morgan fingerprint density at radius 2 is 2.29 bits per heavy atom. The fourth-order valence-electron chi connectivity index (χ4n) is 2.12. The molecule has 1 saturated heterocycles. The van der Waals surface area contributed by atoms with Gasteiger partial charge in [0.25, 0.3) is 0 Å². The molecule has 0 amide bonds. The standard InChI is InChI=1S/C13H15ClFNO/c14-11-5-4-10(15)7-9(11)8-13(17)12-3-1-2-6-16-12/h4-5,7,12,16H,1-3,6,8H2. The van der Waals surface area contributed by atoms with E-state index < -0.39 is 0 Å². The van der Waals surface area contributed by atoms with Crippen LogP contribution in [0.5, 0.6) is 0 Å². The summed E-state index contributed by atoms with van der Waals surface area (Å²) in [7, 11) is 0. The maximum Gasteiger partial charge on any atom is 0.154 e. The first kappa shape index (κ1) is 12.5. The number of rotatable bonds is 3. The number of carbonyl (C=O) groups is 1. The van der Waals surface area contributed by atoms with Gasteiger partial charge in [-0.05, 0) is 43.1 Å². The van der Waals surface area contributed by atoms with Gasteiger partial charge in [0, 0.05) is 11.4 Å². The van der Waals surface area contributed by atoms with Crippen molar-refractivity contribution in [2.24, 2.45) is 0 Å². The fraction of sp³-hybridized carbons (Fsp3) is 0.462. The van der Waals surface area contributed by atoms with Gasteiger partial charge in [-0.3, -0.25) is 4.79 Å². The highest BCUT2D eigenvalue weighted by molar-refractivity contribution is 6.31. The maximum atomic E-state index is 13.1. The zero-order valence-corrected chi connectivity index (χ0v) is 10.3. The minimum Gasteiger partial charge on any atom is -0.307 e. The SMILES string of the molecule is O=C(Cc1cc(F)ccc1Cl)C1CCCCN1. The van der Waals surface area contributed by atoms with E-state index in [1.54, 1.807) is 0 Å². The van der Waals surface area contributed by atoms with Gasteiger partial charge in [0.2, 0.25) is 0 Å². The molecule has 0 spiro atoms. The first-order chi connectivity index (χ1) is 8.16. The highest BCUT2D eigenvalue weighted by atomic mass is 35.5. The van der Waals surface area contributed by atoms with Crippen LogP contribution in [0.15, 0.2) is 18.2 Å². The van der Waals surface area contributed by atoms with E-state index in [1.165, 1.54) is 18.2 Å². The molecule has 1 aromatic carbocycles. The van der Waals surface area contributed by atoms with Crippen molar-refractivity contribution in [3.8, 4) is 0 Å². The fourth-order valence-corrected chi connectivity index (χ4v) is 2.30. The third-order valence-electron chi connectivity index (χ3n) is 3.07. The Labute approximate surface area is 105 Å². The third-order valence-corrected chi connectivity index (χ3v) is 3.44. The lowest BCUT2D eigenvalue weighted by Crippen LogP contribution is -2.41. The highest BCUT2D eigenvalue weighted by Crippen LogP contribution is 2.19. The van der Waals surface area contributed by atoms with E-state index in [0.29, 0.717) is 10.6 Å². The summed E-state index contributed by atoms with van der Waals surface area (Å²) in [5.74, 6) is -0.258. The molecule has 1 aliphatic rings. The molecule has 0 saturated carbocycles. The Morgan fingerprint density at radius 1 is 1.47 bits per heavy atom. The molecule has 1 unspecified atom stereocenters. The molecular weight excluding hydrogens is 241 g/mol. The van der Waals surface area contributed by atoms with Gasteiger partial charge in [0.15, 0.2) is 5.78 Å². The van der Waals surface area contributed by atoms with E-state index >= 15 is 0 Å². The maximum absolute atomic E-state index is 13.1. The topological polar surface area (TPSA) is 29.1 Å². The molecule has 0 bridgehead atoms. The molecule has 1 N–H and O–H groups in total. The molecule has 4 heteroatoms. The summed E-state index contributed by atoms with van der Waals surface area (Å²) >= 11 is 5.94. The molecule has 1 fully saturated rings. The quantitative estimate of drug-likeness (QED) is 0.900. The molecule has 17 heavy (non-hydrogen) atoms. The summed E-state index contributed by atoms with van der Waals surface area (Å²) < 4.78 is 13.1. The van der Waals surface area contributed by atoms with Gasteiger partial charge in [-0.1, -0.05) is 18.0 Å². The van der Waals surface area contributed by atoms with Gasteiger partial charge >= 0.3 is 0 Å². The first-order valence-electron chi connectivity index (χ1n) is 5.87. The monoisotopic (exact) mass is 255 g/mol. The number of benzene rings is 1. The van der Waals surface area contributed by atoms with Crippen LogP contribution in [0.3, 0.4) is 0 Å². The smallest absolute Gasteiger partial charge is 0.154 e. The number of Topliss-reactive ketones (excluding diaryl/α,β-unsaturated/α-hetero) is 1. The van der Waals surface area contributed by atoms with E-state index in [9.17, 15) is 9.18 Å². The van der Waals surface area contributed by atoms with Crippen molar-refractivity contribution in [1.29, 1.82) is 0 Å². The number of halogens is 2. The Morgan fingerprint density at radius 3 is 3.00 bits per heavy atom. The summed E-state index contributed by atoms with van der Waals surface area (Å²) in [6.07, 6.45) is 3.25. The second-order valence-corrected chi connectivity index (χ2v) is 4.79. The van der Waals surface area contributed by atoms with Crippen molar-refractivity contribution >= 4 is 17.4 Å². The zero-order chi connectivity index (χ0) is 12.3. The summed E-state index contributed by atoms with van der Waals surface area (Å²) in [5, 5.41) is 3.64. The molecule has 92 valence electrons. The second-order valence-electron chi connectivity index (χ2n) is 4.38. The van der Waals surface area contributed by atoms with Crippen molar-refractivity contribution in [3.05, 3.63) is 34.6 Å². The molecule has 1 atom stereocenters. The lowest BCUT2D eigenvalue weighted by atomic mass is 9.96. The van der Waals surface area contributed by atoms with E-state index in [0.717, 1.165) is 25.8 Å². The van der Waals surface area contributed by atoms with Crippen LogP contribution < -0.4 is 5.32 Å².